The molecule has 0 unspecified atom stereocenters. The van der Waals surface area contributed by atoms with E-state index in [2.05, 4.69) is 27.5 Å². The Morgan fingerprint density at radius 1 is 1.23 bits per heavy atom. The zero-order valence-electron chi connectivity index (χ0n) is 15.6. The molecule has 0 atom stereocenters. The summed E-state index contributed by atoms with van der Waals surface area (Å²) < 4.78 is 18.5. The van der Waals surface area contributed by atoms with Crippen molar-refractivity contribution in [2.75, 3.05) is 33.4 Å². The van der Waals surface area contributed by atoms with Crippen molar-refractivity contribution in [2.45, 2.75) is 32.6 Å². The quantitative estimate of drug-likeness (QED) is 0.211. The van der Waals surface area contributed by atoms with Gasteiger partial charge in [-0.15, -0.1) is 24.0 Å². The zero-order valence-corrected chi connectivity index (χ0v) is 17.9. The lowest BCUT2D eigenvalue weighted by Crippen LogP contribution is -2.38. The number of ether oxygens (including phenoxy) is 1. The summed E-state index contributed by atoms with van der Waals surface area (Å²) in [5.74, 6) is 0.630. The second-order valence-corrected chi connectivity index (χ2v) is 5.99. The number of H-pyrrole nitrogens is 1. The average molecular weight is 476 g/mol. The second kappa shape index (κ2) is 12.9. The molecule has 0 aliphatic heterocycles. The van der Waals surface area contributed by atoms with Crippen LogP contribution in [0.15, 0.2) is 29.4 Å². The molecule has 3 N–H and O–H groups in total. The van der Waals surface area contributed by atoms with Crippen LogP contribution < -0.4 is 10.6 Å². The van der Waals surface area contributed by atoms with E-state index in [1.165, 1.54) is 6.07 Å². The van der Waals surface area contributed by atoms with Crippen LogP contribution in [-0.2, 0) is 11.2 Å². The van der Waals surface area contributed by atoms with Crippen molar-refractivity contribution in [3.63, 3.8) is 0 Å². The van der Waals surface area contributed by atoms with Gasteiger partial charge in [-0.1, -0.05) is 0 Å². The Hall–Kier alpha value is -1.35. The fourth-order valence-corrected chi connectivity index (χ4v) is 2.74. The number of aromatic nitrogens is 1. The number of rotatable bonds is 10. The number of fused-ring (bicyclic) bond motifs is 1. The van der Waals surface area contributed by atoms with E-state index < -0.39 is 0 Å². The fourth-order valence-electron chi connectivity index (χ4n) is 2.74. The SMILES string of the molecule is CCNC(=NCCCCCOC)NCCc1c[nH]c2ccc(F)cc12.I. The molecule has 1 aromatic carbocycles. The largest absolute Gasteiger partial charge is 0.385 e. The molecule has 0 radical (unpaired) electrons. The molecule has 0 aliphatic carbocycles. The number of aromatic amines is 1. The van der Waals surface area contributed by atoms with Crippen molar-refractivity contribution in [1.82, 2.24) is 15.6 Å². The van der Waals surface area contributed by atoms with Crippen LogP contribution in [0.2, 0.25) is 0 Å². The van der Waals surface area contributed by atoms with Crippen LogP contribution in [0.4, 0.5) is 4.39 Å². The van der Waals surface area contributed by atoms with Gasteiger partial charge in [-0.25, -0.2) is 4.39 Å². The molecule has 0 fully saturated rings. The number of nitrogens with zero attached hydrogens (tertiary/aromatic N) is 1. The monoisotopic (exact) mass is 476 g/mol. The summed E-state index contributed by atoms with van der Waals surface area (Å²) in [6.45, 7) is 5.25. The maximum atomic E-state index is 13.4. The van der Waals surface area contributed by atoms with Crippen molar-refractivity contribution in [1.29, 1.82) is 0 Å². The standard InChI is InChI=1S/C19H29FN4O.HI/c1-3-21-19(22-10-5-4-6-12-25-2)23-11-9-15-14-24-18-8-7-16(20)13-17(15)18;/h7-8,13-14,24H,3-6,9-12H2,1-2H3,(H2,21,22,23);1H. The number of aliphatic imine (C=N–C) groups is 1. The molecule has 2 rings (SSSR count). The number of hydrogen-bond donors (Lipinski definition) is 3. The molecule has 0 spiro atoms. The summed E-state index contributed by atoms with van der Waals surface area (Å²) in [7, 11) is 1.73. The summed E-state index contributed by atoms with van der Waals surface area (Å²) >= 11 is 0. The van der Waals surface area contributed by atoms with Crippen molar-refractivity contribution < 1.29 is 9.13 Å². The van der Waals surface area contributed by atoms with Crippen molar-refractivity contribution in [3.8, 4) is 0 Å². The minimum Gasteiger partial charge on any atom is -0.385 e. The molecule has 1 aromatic heterocycles. The first kappa shape index (κ1) is 22.7. The Labute approximate surface area is 172 Å². The lowest BCUT2D eigenvalue weighted by atomic mass is 10.1. The summed E-state index contributed by atoms with van der Waals surface area (Å²) in [4.78, 5) is 7.78. The molecule has 0 saturated carbocycles. The van der Waals surface area contributed by atoms with Crippen molar-refractivity contribution in [3.05, 3.63) is 35.8 Å². The highest BCUT2D eigenvalue weighted by Gasteiger charge is 2.05. The molecular formula is C19H30FIN4O. The maximum absolute atomic E-state index is 13.4. The molecule has 2 aromatic rings. The highest BCUT2D eigenvalue weighted by molar-refractivity contribution is 14.0. The van der Waals surface area contributed by atoms with Crippen LogP contribution in [0.1, 0.15) is 31.7 Å². The molecule has 26 heavy (non-hydrogen) atoms. The predicted octanol–water partition coefficient (Wildman–Crippen LogP) is 3.84. The van der Waals surface area contributed by atoms with Gasteiger partial charge in [0.1, 0.15) is 5.82 Å². The Morgan fingerprint density at radius 2 is 2.08 bits per heavy atom. The van der Waals surface area contributed by atoms with Gasteiger partial charge < -0.3 is 20.4 Å². The molecule has 0 aliphatic rings. The van der Waals surface area contributed by atoms with Gasteiger partial charge in [0.25, 0.3) is 0 Å². The Kier molecular flexibility index (Phi) is 11.3. The topological polar surface area (TPSA) is 61.4 Å². The number of halogens is 2. The van der Waals surface area contributed by atoms with Gasteiger partial charge in [0.05, 0.1) is 0 Å². The maximum Gasteiger partial charge on any atom is 0.191 e. The van der Waals surface area contributed by atoms with E-state index in [4.69, 9.17) is 4.74 Å². The number of unbranched alkanes of at least 4 members (excludes halogenated alkanes) is 2. The smallest absolute Gasteiger partial charge is 0.191 e. The normalized spacial score (nSPS) is 11.4. The molecule has 0 bridgehead atoms. The van der Waals surface area contributed by atoms with Crippen LogP contribution in [-0.4, -0.2) is 44.3 Å². The Bertz CT molecular complexity index is 675. The number of nitrogens with one attached hydrogen (secondary N) is 3. The van der Waals surface area contributed by atoms with Gasteiger partial charge in [0.15, 0.2) is 5.96 Å². The lowest BCUT2D eigenvalue weighted by molar-refractivity contribution is 0.192. The van der Waals surface area contributed by atoms with E-state index in [0.717, 1.165) is 74.4 Å². The van der Waals surface area contributed by atoms with E-state index in [9.17, 15) is 4.39 Å². The third-order valence-electron chi connectivity index (χ3n) is 4.04. The molecule has 0 amide bonds. The van der Waals surface area contributed by atoms with E-state index in [1.54, 1.807) is 19.2 Å². The van der Waals surface area contributed by atoms with Crippen LogP contribution in [0.5, 0.6) is 0 Å². The van der Waals surface area contributed by atoms with Crippen LogP contribution in [0, 0.1) is 5.82 Å². The minimum absolute atomic E-state index is 0. The first-order valence-corrected chi connectivity index (χ1v) is 9.01. The predicted molar refractivity (Wildman–Crippen MR) is 117 cm³/mol. The summed E-state index contributed by atoms with van der Waals surface area (Å²) in [6, 6.07) is 4.83. The van der Waals surface area contributed by atoms with Crippen molar-refractivity contribution >= 4 is 40.8 Å². The fraction of sp³-hybridized carbons (Fsp3) is 0.526. The van der Waals surface area contributed by atoms with E-state index in [0.29, 0.717) is 0 Å². The minimum atomic E-state index is -0.204. The molecule has 146 valence electrons. The average Bonchev–Trinajstić information content (AvgIpc) is 3.00. The molecule has 5 nitrogen and oxygen atoms in total. The Morgan fingerprint density at radius 3 is 2.85 bits per heavy atom. The Balaban J connectivity index is 0.00000338. The number of hydrogen-bond acceptors (Lipinski definition) is 2. The third-order valence-corrected chi connectivity index (χ3v) is 4.04. The highest BCUT2D eigenvalue weighted by atomic mass is 127. The highest BCUT2D eigenvalue weighted by Crippen LogP contribution is 2.19. The van der Waals surface area contributed by atoms with E-state index in [1.807, 2.05) is 6.20 Å². The first-order chi connectivity index (χ1) is 12.2. The van der Waals surface area contributed by atoms with Gasteiger partial charge >= 0.3 is 0 Å². The van der Waals surface area contributed by atoms with Gasteiger partial charge in [0.2, 0.25) is 0 Å². The van der Waals surface area contributed by atoms with Gasteiger partial charge in [-0.3, -0.25) is 4.99 Å². The summed E-state index contributed by atoms with van der Waals surface area (Å²) in [5, 5.41) is 7.55. The van der Waals surface area contributed by atoms with Crippen molar-refractivity contribution in [2.24, 2.45) is 4.99 Å². The molecule has 1 heterocycles. The first-order valence-electron chi connectivity index (χ1n) is 9.01. The summed E-state index contributed by atoms with van der Waals surface area (Å²) in [5.41, 5.74) is 2.07. The van der Waals surface area contributed by atoms with E-state index in [-0.39, 0.29) is 29.8 Å². The van der Waals surface area contributed by atoms with Gasteiger partial charge in [-0.05, 0) is 56.4 Å². The van der Waals surface area contributed by atoms with Crippen LogP contribution in [0.3, 0.4) is 0 Å². The summed E-state index contributed by atoms with van der Waals surface area (Å²) in [6.07, 6.45) is 6.01. The second-order valence-electron chi connectivity index (χ2n) is 5.99. The number of guanidine groups is 1. The van der Waals surface area contributed by atoms with E-state index >= 15 is 0 Å². The van der Waals surface area contributed by atoms with Crippen LogP contribution in [0.25, 0.3) is 10.9 Å². The van der Waals surface area contributed by atoms with Gasteiger partial charge in [0, 0.05) is 50.5 Å². The third kappa shape index (κ3) is 7.49. The zero-order chi connectivity index (χ0) is 17.9. The number of methoxy groups -OCH3 is 1. The van der Waals surface area contributed by atoms with Gasteiger partial charge in [-0.2, -0.15) is 0 Å². The van der Waals surface area contributed by atoms with Crippen LogP contribution >= 0.6 is 24.0 Å². The molecular weight excluding hydrogens is 446 g/mol. The molecule has 0 saturated heterocycles. The number of benzene rings is 1. The lowest BCUT2D eigenvalue weighted by Gasteiger charge is -2.11. The molecule has 7 heteroatoms.